The first-order valence-electron chi connectivity index (χ1n) is 11.1. The number of alkyl halides is 9. The molecule has 0 saturated carbocycles. The fraction of sp³-hybridized carbons (Fsp3) is 0.111. The molecule has 5 rings (SSSR count). The topological polar surface area (TPSA) is 35.0 Å². The quantitative estimate of drug-likeness (QED) is 0.165. The number of nitrogens with zero attached hydrogens (tertiary/aromatic N) is 2. The minimum absolute atomic E-state index is 0.0544. The fourth-order valence-electron chi connectivity index (χ4n) is 4.23. The van der Waals surface area contributed by atoms with E-state index in [1.807, 2.05) is 0 Å². The molecule has 0 atom stereocenters. The Balaban J connectivity index is 1.84. The number of ether oxygens (including phenoxy) is 1. The minimum atomic E-state index is -5.86. The molecule has 3 nitrogen and oxygen atoms in total. The van der Waals surface area contributed by atoms with Gasteiger partial charge in [0.05, 0.1) is 11.1 Å². The zero-order valence-corrected chi connectivity index (χ0v) is 19.2. The molecule has 0 aliphatic heterocycles. The van der Waals surface area contributed by atoms with Crippen LogP contribution in [0.2, 0.25) is 0 Å². The zero-order valence-electron chi connectivity index (χ0n) is 19.2. The van der Waals surface area contributed by atoms with E-state index in [9.17, 15) is 39.5 Å². The van der Waals surface area contributed by atoms with Crippen LogP contribution in [0.15, 0.2) is 78.9 Å². The lowest BCUT2D eigenvalue weighted by atomic mass is 9.99. The van der Waals surface area contributed by atoms with Crippen LogP contribution in [-0.4, -0.2) is 10.2 Å². The number of fused-ring (bicyclic) bond motifs is 2. The molecule has 39 heavy (non-hydrogen) atoms. The molecule has 12 heteroatoms. The van der Waals surface area contributed by atoms with Crippen LogP contribution in [0, 0.1) is 0 Å². The third-order valence-electron chi connectivity index (χ3n) is 5.91. The first-order chi connectivity index (χ1) is 18.2. The Bertz CT molecular complexity index is 1690. The minimum Gasteiger partial charge on any atom is -0.436 e. The van der Waals surface area contributed by atoms with Crippen LogP contribution in [0.5, 0.6) is 11.6 Å². The molecule has 0 aliphatic rings. The predicted molar refractivity (Wildman–Crippen MR) is 124 cm³/mol. The molecule has 5 aromatic rings. The van der Waals surface area contributed by atoms with Crippen molar-refractivity contribution in [2.45, 2.75) is 18.5 Å². The van der Waals surface area contributed by atoms with Gasteiger partial charge in [-0.25, -0.2) is 0 Å². The fourth-order valence-corrected chi connectivity index (χ4v) is 4.23. The van der Waals surface area contributed by atoms with Gasteiger partial charge in [-0.1, -0.05) is 54.6 Å². The van der Waals surface area contributed by atoms with Crippen molar-refractivity contribution >= 4 is 21.5 Å². The van der Waals surface area contributed by atoms with Gasteiger partial charge in [0, 0.05) is 16.3 Å². The molecule has 0 fully saturated rings. The number of halogens is 9. The summed E-state index contributed by atoms with van der Waals surface area (Å²) >= 11 is 0. The van der Waals surface area contributed by atoms with Gasteiger partial charge < -0.3 is 4.74 Å². The van der Waals surface area contributed by atoms with Crippen molar-refractivity contribution in [3.63, 3.8) is 0 Å². The van der Waals surface area contributed by atoms with Crippen LogP contribution in [0.4, 0.5) is 39.5 Å². The molecule has 0 unspecified atom stereocenters. The van der Waals surface area contributed by atoms with Gasteiger partial charge in [-0.15, -0.1) is 10.2 Å². The summed E-state index contributed by atoms with van der Waals surface area (Å²) < 4.78 is 129. The average Bonchev–Trinajstić information content (AvgIpc) is 2.86. The molecule has 0 saturated heterocycles. The highest BCUT2D eigenvalue weighted by Crippen LogP contribution is 2.51. The molecule has 1 aromatic heterocycles. The monoisotopic (exact) mass is 552 g/mol. The van der Waals surface area contributed by atoms with Gasteiger partial charge in [-0.3, -0.25) is 0 Å². The molecular weight excluding hydrogens is 539 g/mol. The Morgan fingerprint density at radius 2 is 1.08 bits per heavy atom. The zero-order chi connectivity index (χ0) is 28.2. The van der Waals surface area contributed by atoms with E-state index in [4.69, 9.17) is 4.74 Å². The summed E-state index contributed by atoms with van der Waals surface area (Å²) in [6, 6.07) is 17.8. The van der Waals surface area contributed by atoms with Crippen molar-refractivity contribution in [2.24, 2.45) is 0 Å². The van der Waals surface area contributed by atoms with Crippen LogP contribution in [0.3, 0.4) is 0 Å². The number of hydrogen-bond acceptors (Lipinski definition) is 3. The highest BCUT2D eigenvalue weighted by molar-refractivity contribution is 6.05. The molecule has 0 spiro atoms. The maximum atomic E-state index is 13.9. The van der Waals surface area contributed by atoms with Gasteiger partial charge in [-0.2, -0.15) is 39.5 Å². The van der Waals surface area contributed by atoms with Crippen molar-refractivity contribution in [1.82, 2.24) is 10.2 Å². The van der Waals surface area contributed by atoms with Crippen LogP contribution < -0.4 is 4.74 Å². The van der Waals surface area contributed by atoms with E-state index >= 15 is 0 Å². The second-order valence-corrected chi connectivity index (χ2v) is 8.42. The second-order valence-electron chi connectivity index (χ2n) is 8.42. The van der Waals surface area contributed by atoms with Gasteiger partial charge in [-0.05, 0) is 35.0 Å². The number of hydrogen-bond donors (Lipinski definition) is 0. The summed E-state index contributed by atoms with van der Waals surface area (Å²) in [6.07, 6.45) is -17.0. The third kappa shape index (κ3) is 4.93. The Kier molecular flexibility index (Phi) is 6.15. The van der Waals surface area contributed by atoms with Gasteiger partial charge in [0.1, 0.15) is 11.3 Å². The summed E-state index contributed by atoms with van der Waals surface area (Å²) in [6.45, 7) is 0. The number of aromatic nitrogens is 2. The molecule has 0 aliphatic carbocycles. The summed E-state index contributed by atoms with van der Waals surface area (Å²) in [5.41, 5.74) is -6.23. The van der Waals surface area contributed by atoms with Gasteiger partial charge in [0.2, 0.25) is 5.88 Å². The predicted octanol–water partition coefficient (Wildman–Crippen LogP) is 9.30. The van der Waals surface area contributed by atoms with E-state index in [2.05, 4.69) is 10.2 Å². The van der Waals surface area contributed by atoms with E-state index in [1.165, 1.54) is 6.07 Å². The summed E-state index contributed by atoms with van der Waals surface area (Å²) in [4.78, 5) is 0. The van der Waals surface area contributed by atoms with E-state index in [-0.39, 0.29) is 28.6 Å². The third-order valence-corrected chi connectivity index (χ3v) is 5.91. The molecule has 0 bridgehead atoms. The maximum absolute atomic E-state index is 13.9. The Labute approximate surface area is 213 Å². The number of rotatable bonds is 3. The van der Waals surface area contributed by atoms with Crippen LogP contribution in [-0.2, 0) is 18.5 Å². The Morgan fingerprint density at radius 1 is 0.538 bits per heavy atom. The second kappa shape index (κ2) is 9.14. The van der Waals surface area contributed by atoms with Crippen LogP contribution in [0.25, 0.3) is 32.8 Å². The molecule has 0 N–H and O–H groups in total. The van der Waals surface area contributed by atoms with Crippen LogP contribution >= 0.6 is 0 Å². The van der Waals surface area contributed by atoms with Gasteiger partial charge >= 0.3 is 18.5 Å². The molecule has 0 radical (unpaired) electrons. The molecule has 1 heterocycles. The normalized spacial score (nSPS) is 12.7. The van der Waals surface area contributed by atoms with E-state index in [0.29, 0.717) is 16.3 Å². The van der Waals surface area contributed by atoms with Crippen molar-refractivity contribution in [3.05, 3.63) is 95.6 Å². The molecular formula is C27H13F9N2O. The largest absolute Gasteiger partial charge is 0.436 e. The first-order valence-corrected chi connectivity index (χ1v) is 11.1. The SMILES string of the molecule is FC(F)(F)c1ccc(C(F)(F)F)c(C(F)(F)F)c1Oc1nnc(-c2ccccc2)c2cc3ccccc3cc12. The molecule has 4 aromatic carbocycles. The lowest BCUT2D eigenvalue weighted by Crippen LogP contribution is -2.21. The lowest BCUT2D eigenvalue weighted by molar-refractivity contribution is -0.164. The Morgan fingerprint density at radius 3 is 1.64 bits per heavy atom. The van der Waals surface area contributed by atoms with Gasteiger partial charge in [0.15, 0.2) is 5.75 Å². The Hall–Kier alpha value is -4.35. The molecule has 200 valence electrons. The highest BCUT2D eigenvalue weighted by atomic mass is 19.4. The average molecular weight is 552 g/mol. The summed E-state index contributed by atoms with van der Waals surface area (Å²) in [5.74, 6) is -2.90. The van der Waals surface area contributed by atoms with E-state index < -0.39 is 46.8 Å². The van der Waals surface area contributed by atoms with Crippen molar-refractivity contribution in [1.29, 1.82) is 0 Å². The van der Waals surface area contributed by atoms with E-state index in [0.717, 1.165) is 0 Å². The van der Waals surface area contributed by atoms with Crippen molar-refractivity contribution in [2.75, 3.05) is 0 Å². The van der Waals surface area contributed by atoms with Gasteiger partial charge in [0.25, 0.3) is 0 Å². The number of benzene rings is 4. The lowest BCUT2D eigenvalue weighted by Gasteiger charge is -2.23. The van der Waals surface area contributed by atoms with Crippen LogP contribution in [0.1, 0.15) is 16.7 Å². The summed E-state index contributed by atoms with van der Waals surface area (Å²) in [5, 5.41) is 9.09. The molecule has 0 amide bonds. The van der Waals surface area contributed by atoms with Crippen molar-refractivity contribution < 1.29 is 44.3 Å². The van der Waals surface area contributed by atoms with E-state index in [1.54, 1.807) is 60.7 Å². The standard InChI is InChI=1S/C27H13F9N2O/c28-25(29,30)19-10-11-20(26(31,32)33)23(21(19)27(34,35)36)39-24-18-13-16-9-5-4-8-15(16)12-17(18)22(37-38-24)14-6-2-1-3-7-14/h1-13H. The maximum Gasteiger partial charge on any atom is 0.420 e. The van der Waals surface area contributed by atoms with Crippen molar-refractivity contribution in [3.8, 4) is 22.9 Å². The summed E-state index contributed by atoms with van der Waals surface area (Å²) in [7, 11) is 0. The first kappa shape index (κ1) is 26.3. The smallest absolute Gasteiger partial charge is 0.420 e. The highest BCUT2D eigenvalue weighted by Gasteiger charge is 2.49.